The Morgan fingerprint density at radius 3 is 2.76 bits per heavy atom. The second-order valence-corrected chi connectivity index (χ2v) is 10.6. The molecule has 0 radical (unpaired) electrons. The molecule has 2 atom stereocenters. The van der Waals surface area contributed by atoms with Gasteiger partial charge >= 0.3 is 6.03 Å². The fourth-order valence-electron chi connectivity index (χ4n) is 4.86. The molecule has 3 aromatic rings. The van der Waals surface area contributed by atoms with Crippen molar-refractivity contribution in [1.82, 2.24) is 20.4 Å². The molecule has 1 fully saturated rings. The molecule has 1 aromatic heterocycles. The number of nitrogens with two attached hydrogens (primary N) is 1. The Kier molecular flexibility index (Phi) is 6.16. The zero-order chi connectivity index (χ0) is 23.8. The third kappa shape index (κ3) is 4.46. The summed E-state index contributed by atoms with van der Waals surface area (Å²) in [5.41, 5.74) is 11.3. The maximum absolute atomic E-state index is 12.8. The second-order valence-electron chi connectivity index (χ2n) is 9.59. The largest absolute Gasteiger partial charge is 0.489 e. The minimum absolute atomic E-state index is 0.0408. The van der Waals surface area contributed by atoms with Crippen LogP contribution < -0.4 is 15.8 Å². The molecule has 0 unspecified atom stereocenters. The molecule has 5 rings (SSSR count). The number of carbonyl (C=O) groups is 1. The van der Waals surface area contributed by atoms with Crippen LogP contribution in [0.5, 0.6) is 5.75 Å². The molecule has 0 saturated carbocycles. The first-order valence-electron chi connectivity index (χ1n) is 12.0. The minimum atomic E-state index is 0.0408. The third-order valence-corrected chi connectivity index (χ3v) is 7.56. The fourth-order valence-corrected chi connectivity index (χ4v) is 5.75. The number of benzene rings is 2. The molecule has 2 heterocycles. The Morgan fingerprint density at radius 2 is 2.03 bits per heavy atom. The highest BCUT2D eigenvalue weighted by Crippen LogP contribution is 2.40. The van der Waals surface area contributed by atoms with Gasteiger partial charge < -0.3 is 20.7 Å². The minimum Gasteiger partial charge on any atom is -0.489 e. The molecule has 0 spiro atoms. The number of ether oxygens (including phenoxy) is 1. The number of amides is 2. The molecule has 2 aliphatic rings. The summed E-state index contributed by atoms with van der Waals surface area (Å²) in [7, 11) is 0. The molecule has 1 saturated heterocycles. The van der Waals surface area contributed by atoms with Crippen molar-refractivity contribution in [1.29, 1.82) is 0 Å². The Bertz CT molecular complexity index is 1210. The lowest BCUT2D eigenvalue weighted by Crippen LogP contribution is -2.39. The molecule has 2 aromatic carbocycles. The van der Waals surface area contributed by atoms with E-state index in [9.17, 15) is 4.79 Å². The lowest BCUT2D eigenvalue weighted by molar-refractivity contribution is 0.203. The molecule has 3 N–H and O–H groups in total. The maximum atomic E-state index is 12.8. The molecule has 0 bridgehead atoms. The van der Waals surface area contributed by atoms with Crippen molar-refractivity contribution in [3.8, 4) is 26.9 Å². The van der Waals surface area contributed by atoms with Crippen molar-refractivity contribution in [3.63, 3.8) is 0 Å². The Labute approximate surface area is 204 Å². The van der Waals surface area contributed by atoms with E-state index in [0.717, 1.165) is 53.5 Å². The molecule has 178 valence electrons. The van der Waals surface area contributed by atoms with Gasteiger partial charge in [0.05, 0.1) is 17.8 Å². The van der Waals surface area contributed by atoms with E-state index in [2.05, 4.69) is 34.6 Å². The molecule has 7 nitrogen and oxygen atoms in total. The number of aromatic nitrogens is 2. The van der Waals surface area contributed by atoms with Crippen LogP contribution in [-0.4, -0.2) is 40.3 Å². The first kappa shape index (κ1) is 22.7. The van der Waals surface area contributed by atoms with Gasteiger partial charge in [0.15, 0.2) is 0 Å². The summed E-state index contributed by atoms with van der Waals surface area (Å²) in [4.78, 5) is 14.7. The number of urea groups is 1. The monoisotopic (exact) mass is 477 g/mol. The quantitative estimate of drug-likeness (QED) is 0.488. The van der Waals surface area contributed by atoms with Crippen LogP contribution in [0.2, 0.25) is 0 Å². The van der Waals surface area contributed by atoms with E-state index in [-0.39, 0.29) is 18.2 Å². The van der Waals surface area contributed by atoms with E-state index in [0.29, 0.717) is 17.4 Å². The van der Waals surface area contributed by atoms with E-state index >= 15 is 0 Å². The van der Waals surface area contributed by atoms with Crippen LogP contribution in [0, 0.1) is 5.92 Å². The zero-order valence-corrected chi connectivity index (χ0v) is 20.7. The smallest absolute Gasteiger partial charge is 0.317 e. The maximum Gasteiger partial charge on any atom is 0.317 e. The van der Waals surface area contributed by atoms with Gasteiger partial charge in [-0.25, -0.2) is 4.79 Å². The highest BCUT2D eigenvalue weighted by molar-refractivity contribution is 7.17. The molecular weight excluding hydrogens is 446 g/mol. The van der Waals surface area contributed by atoms with Gasteiger partial charge in [0.25, 0.3) is 0 Å². The summed E-state index contributed by atoms with van der Waals surface area (Å²) in [5.74, 6) is 1.26. The van der Waals surface area contributed by atoms with Crippen LogP contribution in [0.25, 0.3) is 21.1 Å². The predicted octanol–water partition coefficient (Wildman–Crippen LogP) is 5.28. The average Bonchev–Trinajstić information content (AvgIpc) is 3.55. The number of anilines is 1. The number of carbonyl (C=O) groups excluding carboxylic acids is 1. The number of hydrogen-bond acceptors (Lipinski definition) is 6. The van der Waals surface area contributed by atoms with E-state index in [1.54, 1.807) is 11.3 Å². The Balaban J connectivity index is 1.35. The Morgan fingerprint density at radius 1 is 1.21 bits per heavy atom. The van der Waals surface area contributed by atoms with E-state index in [4.69, 9.17) is 10.5 Å². The number of rotatable bonds is 5. The van der Waals surface area contributed by atoms with Gasteiger partial charge in [-0.2, -0.15) is 0 Å². The van der Waals surface area contributed by atoms with Gasteiger partial charge in [-0.1, -0.05) is 36.5 Å². The van der Waals surface area contributed by atoms with E-state index < -0.39 is 0 Å². The van der Waals surface area contributed by atoms with Gasteiger partial charge in [-0.05, 0) is 68.4 Å². The second kappa shape index (κ2) is 9.25. The summed E-state index contributed by atoms with van der Waals surface area (Å²) in [6.07, 6.45) is 2.96. The van der Waals surface area contributed by atoms with Gasteiger partial charge in [0.2, 0.25) is 0 Å². The summed E-state index contributed by atoms with van der Waals surface area (Å²) < 4.78 is 5.75. The summed E-state index contributed by atoms with van der Waals surface area (Å²) >= 11 is 1.56. The van der Waals surface area contributed by atoms with Crippen LogP contribution >= 0.6 is 11.3 Å². The number of nitrogens with zero attached hydrogens (tertiary/aromatic N) is 3. The van der Waals surface area contributed by atoms with Gasteiger partial charge in [0, 0.05) is 24.2 Å². The fraction of sp³-hybridized carbons (Fsp3) is 0.423. The zero-order valence-electron chi connectivity index (χ0n) is 19.9. The van der Waals surface area contributed by atoms with Crippen molar-refractivity contribution in [2.75, 3.05) is 18.8 Å². The van der Waals surface area contributed by atoms with Crippen LogP contribution in [0.4, 0.5) is 10.5 Å². The highest BCUT2D eigenvalue weighted by atomic mass is 32.1. The molecule has 2 amide bonds. The first-order valence-corrected chi connectivity index (χ1v) is 12.8. The number of likely N-dealkylation sites (tertiary alicyclic amines) is 1. The van der Waals surface area contributed by atoms with Crippen LogP contribution in [0.3, 0.4) is 0 Å². The molecule has 1 aliphatic heterocycles. The lowest BCUT2D eigenvalue weighted by Gasteiger charge is -2.21. The van der Waals surface area contributed by atoms with Crippen molar-refractivity contribution in [3.05, 3.63) is 47.5 Å². The summed E-state index contributed by atoms with van der Waals surface area (Å²) in [6, 6.07) is 12.1. The topological polar surface area (TPSA) is 93.4 Å². The van der Waals surface area contributed by atoms with Gasteiger partial charge in [-0.3, -0.25) is 0 Å². The van der Waals surface area contributed by atoms with Crippen molar-refractivity contribution >= 4 is 23.1 Å². The average molecular weight is 478 g/mol. The van der Waals surface area contributed by atoms with Crippen molar-refractivity contribution < 1.29 is 9.53 Å². The predicted molar refractivity (Wildman–Crippen MR) is 136 cm³/mol. The normalized spacial score (nSPS) is 19.5. The molecule has 34 heavy (non-hydrogen) atoms. The SMILES string of the molecule is CC(C)Oc1ccc(-c2nnc(-c3cccc4c3CC[C@@H]4NC(=O)N3CC[C@H](C)C3)s2)cc1N. The van der Waals surface area contributed by atoms with Crippen molar-refractivity contribution in [2.45, 2.75) is 52.2 Å². The molecule has 8 heteroatoms. The number of nitrogens with one attached hydrogen (secondary N) is 1. The Hall–Kier alpha value is -3.13. The summed E-state index contributed by atoms with van der Waals surface area (Å²) in [6.45, 7) is 7.84. The lowest BCUT2D eigenvalue weighted by atomic mass is 10.0. The van der Waals surface area contributed by atoms with Crippen LogP contribution in [0.1, 0.15) is 50.8 Å². The van der Waals surface area contributed by atoms with Crippen molar-refractivity contribution in [2.24, 2.45) is 5.92 Å². The van der Waals surface area contributed by atoms with Crippen LogP contribution in [-0.2, 0) is 6.42 Å². The van der Waals surface area contributed by atoms with Gasteiger partial charge in [-0.15, -0.1) is 10.2 Å². The van der Waals surface area contributed by atoms with Gasteiger partial charge in [0.1, 0.15) is 15.8 Å². The third-order valence-electron chi connectivity index (χ3n) is 6.55. The molecular formula is C26H31N5O2S. The standard InChI is InChI=1S/C26H31N5O2S/c1-15(2)33-23-10-7-17(13-21(23)27)24-29-30-25(34-24)20-6-4-5-19-18(20)8-9-22(19)28-26(32)31-12-11-16(3)14-31/h4-7,10,13,15-16,22H,8-9,11-12,14,27H2,1-3H3,(H,28,32)/t16-,22-/m0/s1. The van der Waals surface area contributed by atoms with E-state index in [1.165, 1.54) is 11.1 Å². The van der Waals surface area contributed by atoms with Crippen LogP contribution in [0.15, 0.2) is 36.4 Å². The molecule has 1 aliphatic carbocycles. The van der Waals surface area contributed by atoms with E-state index in [1.807, 2.05) is 43.0 Å². The number of hydrogen-bond donors (Lipinski definition) is 2. The summed E-state index contributed by atoms with van der Waals surface area (Å²) in [5, 5.41) is 13.9. The highest BCUT2D eigenvalue weighted by Gasteiger charge is 2.30. The number of nitrogen functional groups attached to an aromatic ring is 1. The number of fused-ring (bicyclic) bond motifs is 1. The first-order chi connectivity index (χ1) is 16.4.